The van der Waals surface area contributed by atoms with Crippen LogP contribution in [0.1, 0.15) is 6.92 Å². The van der Waals surface area contributed by atoms with Crippen LogP contribution in [0.25, 0.3) is 0 Å². The summed E-state index contributed by atoms with van der Waals surface area (Å²) in [5, 5.41) is 4.80. The molecular formula is C17H14ClF3N2O3. The summed E-state index contributed by atoms with van der Waals surface area (Å²) in [5.74, 6) is -2.06. The second-order valence-electron chi connectivity index (χ2n) is 5.23. The summed E-state index contributed by atoms with van der Waals surface area (Å²) in [4.78, 5) is 22.9. The number of carbonyl (C=O) groups is 2. The average molecular weight is 387 g/mol. The van der Waals surface area contributed by atoms with E-state index in [1.54, 1.807) is 36.5 Å². The van der Waals surface area contributed by atoms with Crippen LogP contribution in [-0.2, 0) is 9.59 Å². The van der Waals surface area contributed by atoms with Crippen LogP contribution >= 0.6 is 11.6 Å². The van der Waals surface area contributed by atoms with E-state index in [2.05, 4.69) is 5.32 Å². The molecule has 2 N–H and O–H groups in total. The lowest BCUT2D eigenvalue weighted by molar-refractivity contribution is -0.167. The molecule has 5 nitrogen and oxygen atoms in total. The Morgan fingerprint density at radius 1 is 0.962 bits per heavy atom. The molecule has 1 atom stereocenters. The normalized spacial score (nSPS) is 12.2. The van der Waals surface area contributed by atoms with Gasteiger partial charge in [0.05, 0.1) is 0 Å². The van der Waals surface area contributed by atoms with Gasteiger partial charge in [-0.05, 0) is 55.5 Å². The first-order valence-corrected chi connectivity index (χ1v) is 7.74. The predicted octanol–water partition coefficient (Wildman–Crippen LogP) is 4.25. The van der Waals surface area contributed by atoms with Crippen LogP contribution < -0.4 is 15.4 Å². The van der Waals surface area contributed by atoms with Crippen LogP contribution in [0, 0.1) is 0 Å². The number of hydrogen-bond acceptors (Lipinski definition) is 3. The summed E-state index contributed by atoms with van der Waals surface area (Å²) >= 11 is 5.76. The maximum Gasteiger partial charge on any atom is 0.471 e. The fraction of sp³-hybridized carbons (Fsp3) is 0.176. The van der Waals surface area contributed by atoms with Crippen molar-refractivity contribution < 1.29 is 27.5 Å². The topological polar surface area (TPSA) is 67.4 Å². The summed E-state index contributed by atoms with van der Waals surface area (Å²) in [6, 6.07) is 11.7. The van der Waals surface area contributed by atoms with E-state index in [9.17, 15) is 22.8 Å². The average Bonchev–Trinajstić information content (AvgIpc) is 2.57. The fourth-order valence-electron chi connectivity index (χ4n) is 1.85. The van der Waals surface area contributed by atoms with Gasteiger partial charge in [-0.3, -0.25) is 9.59 Å². The molecule has 1 unspecified atom stereocenters. The largest absolute Gasteiger partial charge is 0.481 e. The van der Waals surface area contributed by atoms with Gasteiger partial charge in [0, 0.05) is 16.4 Å². The fourth-order valence-corrected chi connectivity index (χ4v) is 1.98. The van der Waals surface area contributed by atoms with Crippen molar-refractivity contribution in [3.8, 4) is 5.75 Å². The molecule has 2 amide bonds. The highest BCUT2D eigenvalue weighted by Crippen LogP contribution is 2.20. The van der Waals surface area contributed by atoms with E-state index < -0.39 is 24.1 Å². The zero-order chi connectivity index (χ0) is 19.3. The highest BCUT2D eigenvalue weighted by Gasteiger charge is 2.38. The zero-order valence-electron chi connectivity index (χ0n) is 13.4. The Kier molecular flexibility index (Phi) is 6.10. The van der Waals surface area contributed by atoms with Crippen molar-refractivity contribution in [2.75, 3.05) is 10.6 Å². The molecule has 0 aliphatic rings. The molecular weight excluding hydrogens is 373 g/mol. The summed E-state index contributed by atoms with van der Waals surface area (Å²) in [6.45, 7) is 1.54. The number of anilines is 2. The molecule has 138 valence electrons. The molecule has 0 aromatic heterocycles. The lowest BCUT2D eigenvalue weighted by Gasteiger charge is -2.15. The van der Waals surface area contributed by atoms with Crippen LogP contribution in [0.3, 0.4) is 0 Å². The van der Waals surface area contributed by atoms with Crippen LogP contribution in [0.15, 0.2) is 48.5 Å². The maximum absolute atomic E-state index is 12.2. The number of benzene rings is 2. The number of rotatable bonds is 5. The number of ether oxygens (including phenoxy) is 1. The highest BCUT2D eigenvalue weighted by molar-refractivity contribution is 6.30. The minimum absolute atomic E-state index is 0.0456. The molecule has 0 saturated carbocycles. The number of halogens is 4. The minimum Gasteiger partial charge on any atom is -0.481 e. The third-order valence-corrected chi connectivity index (χ3v) is 3.42. The molecule has 0 heterocycles. The molecule has 0 radical (unpaired) electrons. The third kappa shape index (κ3) is 5.66. The maximum atomic E-state index is 12.2. The van der Waals surface area contributed by atoms with E-state index in [-0.39, 0.29) is 5.69 Å². The second-order valence-corrected chi connectivity index (χ2v) is 5.67. The van der Waals surface area contributed by atoms with Gasteiger partial charge >= 0.3 is 12.1 Å². The lowest BCUT2D eigenvalue weighted by Crippen LogP contribution is -2.30. The van der Waals surface area contributed by atoms with Gasteiger partial charge in [-0.1, -0.05) is 11.6 Å². The van der Waals surface area contributed by atoms with E-state index >= 15 is 0 Å². The quantitative estimate of drug-likeness (QED) is 0.807. The smallest absolute Gasteiger partial charge is 0.471 e. The van der Waals surface area contributed by atoms with Crippen molar-refractivity contribution >= 4 is 34.8 Å². The number of carbonyl (C=O) groups excluding carboxylic acids is 2. The van der Waals surface area contributed by atoms with Gasteiger partial charge in [-0.15, -0.1) is 0 Å². The summed E-state index contributed by atoms with van der Waals surface area (Å²) in [6.07, 6.45) is -5.79. The number of amides is 2. The van der Waals surface area contributed by atoms with Gasteiger partial charge in [-0.2, -0.15) is 13.2 Å². The molecule has 0 spiro atoms. The third-order valence-electron chi connectivity index (χ3n) is 3.16. The van der Waals surface area contributed by atoms with Crippen LogP contribution in [0.2, 0.25) is 5.02 Å². The Bertz CT molecular complexity index is 777. The molecule has 2 rings (SSSR count). The van der Waals surface area contributed by atoms with Crippen molar-refractivity contribution in [3.63, 3.8) is 0 Å². The first kappa shape index (κ1) is 19.6. The Hall–Kier alpha value is -2.74. The molecule has 26 heavy (non-hydrogen) atoms. The van der Waals surface area contributed by atoms with Crippen molar-refractivity contribution in [1.29, 1.82) is 0 Å². The predicted molar refractivity (Wildman–Crippen MR) is 91.3 cm³/mol. The molecule has 0 fully saturated rings. The SMILES string of the molecule is CC(Oc1ccc(Cl)cc1)C(=O)Nc1ccc(NC(=O)C(F)(F)F)cc1. The first-order chi connectivity index (χ1) is 12.1. The molecule has 0 bridgehead atoms. The van der Waals surface area contributed by atoms with Crippen molar-refractivity contribution in [1.82, 2.24) is 0 Å². The van der Waals surface area contributed by atoms with Crippen molar-refractivity contribution in [2.45, 2.75) is 19.2 Å². The van der Waals surface area contributed by atoms with E-state index in [0.29, 0.717) is 16.5 Å². The monoisotopic (exact) mass is 386 g/mol. The first-order valence-electron chi connectivity index (χ1n) is 7.36. The Balaban J connectivity index is 1.92. The minimum atomic E-state index is -4.97. The Labute approximate surface area is 152 Å². The Morgan fingerprint density at radius 3 is 1.96 bits per heavy atom. The standard InChI is InChI=1S/C17H14ClF3N2O3/c1-10(26-14-8-2-11(18)3-9-14)15(24)22-12-4-6-13(7-5-12)23-16(25)17(19,20)21/h2-10H,1H3,(H,22,24)(H,23,25). The molecule has 2 aromatic carbocycles. The van der Waals surface area contributed by atoms with Crippen molar-refractivity contribution in [2.24, 2.45) is 0 Å². The second kappa shape index (κ2) is 8.09. The lowest BCUT2D eigenvalue weighted by atomic mass is 10.2. The molecule has 9 heteroatoms. The summed E-state index contributed by atoms with van der Waals surface area (Å²) < 4.78 is 42.0. The summed E-state index contributed by atoms with van der Waals surface area (Å²) in [5.41, 5.74) is 0.294. The van der Waals surface area contributed by atoms with Crippen LogP contribution in [0.4, 0.5) is 24.5 Å². The number of hydrogen-bond donors (Lipinski definition) is 2. The zero-order valence-corrected chi connectivity index (χ0v) is 14.2. The van der Waals surface area contributed by atoms with E-state index in [4.69, 9.17) is 16.3 Å². The van der Waals surface area contributed by atoms with E-state index in [0.717, 1.165) is 0 Å². The van der Waals surface area contributed by atoms with Gasteiger partial charge in [0.2, 0.25) is 0 Å². The Morgan fingerprint density at radius 2 is 1.46 bits per heavy atom. The molecule has 2 aromatic rings. The molecule has 0 saturated heterocycles. The van der Waals surface area contributed by atoms with Gasteiger partial charge in [-0.25, -0.2) is 0 Å². The highest BCUT2D eigenvalue weighted by atomic mass is 35.5. The van der Waals surface area contributed by atoms with E-state index in [1.165, 1.54) is 24.3 Å². The molecule has 0 aliphatic carbocycles. The van der Waals surface area contributed by atoms with Crippen LogP contribution in [0.5, 0.6) is 5.75 Å². The van der Waals surface area contributed by atoms with Gasteiger partial charge in [0.1, 0.15) is 5.75 Å². The van der Waals surface area contributed by atoms with Gasteiger partial charge in [0.15, 0.2) is 6.10 Å². The van der Waals surface area contributed by atoms with Crippen molar-refractivity contribution in [3.05, 3.63) is 53.6 Å². The molecule has 0 aliphatic heterocycles. The van der Waals surface area contributed by atoms with Crippen LogP contribution in [-0.4, -0.2) is 24.1 Å². The van der Waals surface area contributed by atoms with Gasteiger partial charge in [0.25, 0.3) is 5.91 Å². The number of alkyl halides is 3. The number of nitrogens with one attached hydrogen (secondary N) is 2. The van der Waals surface area contributed by atoms with E-state index in [1.807, 2.05) is 0 Å². The summed E-state index contributed by atoms with van der Waals surface area (Å²) in [7, 11) is 0. The van der Waals surface area contributed by atoms with Gasteiger partial charge < -0.3 is 15.4 Å².